The van der Waals surface area contributed by atoms with Crippen molar-refractivity contribution in [1.82, 2.24) is 24.6 Å². The SMILES string of the molecule is CC(C)c1ncnn1C.Cc1nc2c(cc1Cl)COC21CCN(C(=O)OC(C)(C)C)CC1. The largest absolute Gasteiger partial charge is 0.444 e. The van der Waals surface area contributed by atoms with Crippen LogP contribution in [0.1, 0.15) is 76.2 Å². The molecule has 0 atom stereocenters. The average molecular weight is 464 g/mol. The van der Waals surface area contributed by atoms with Crippen molar-refractivity contribution in [2.75, 3.05) is 13.1 Å². The summed E-state index contributed by atoms with van der Waals surface area (Å²) >= 11 is 6.16. The molecule has 9 heteroatoms. The summed E-state index contributed by atoms with van der Waals surface area (Å²) in [6.45, 7) is 13.5. The molecule has 0 N–H and O–H groups in total. The zero-order chi connectivity index (χ0) is 23.7. The van der Waals surface area contributed by atoms with Gasteiger partial charge in [0.1, 0.15) is 23.4 Å². The van der Waals surface area contributed by atoms with Crippen molar-refractivity contribution in [3.8, 4) is 0 Å². The number of halogens is 1. The molecule has 0 aliphatic carbocycles. The number of carbonyl (C=O) groups is 1. The molecule has 2 aliphatic heterocycles. The molecule has 1 saturated heterocycles. The number of likely N-dealkylation sites (tertiary alicyclic amines) is 1. The number of hydrogen-bond acceptors (Lipinski definition) is 6. The molecule has 4 rings (SSSR count). The van der Waals surface area contributed by atoms with Gasteiger partial charge in [-0.2, -0.15) is 5.10 Å². The van der Waals surface area contributed by atoms with Gasteiger partial charge in [-0.1, -0.05) is 25.4 Å². The summed E-state index contributed by atoms with van der Waals surface area (Å²) in [5.74, 6) is 1.51. The number of piperidine rings is 1. The lowest BCUT2D eigenvalue weighted by Crippen LogP contribution is -2.47. The van der Waals surface area contributed by atoms with Crippen molar-refractivity contribution < 1.29 is 14.3 Å². The third-order valence-corrected chi connectivity index (χ3v) is 6.03. The van der Waals surface area contributed by atoms with E-state index in [0.717, 1.165) is 35.6 Å². The van der Waals surface area contributed by atoms with Gasteiger partial charge in [0.25, 0.3) is 0 Å². The van der Waals surface area contributed by atoms with Crippen molar-refractivity contribution in [1.29, 1.82) is 0 Å². The van der Waals surface area contributed by atoms with Crippen LogP contribution in [-0.2, 0) is 28.7 Å². The minimum atomic E-state index is -0.474. The Morgan fingerprint density at radius 1 is 1.28 bits per heavy atom. The molecule has 1 amide bonds. The zero-order valence-corrected chi connectivity index (χ0v) is 20.9. The summed E-state index contributed by atoms with van der Waals surface area (Å²) in [4.78, 5) is 22.7. The first-order valence-corrected chi connectivity index (χ1v) is 11.4. The van der Waals surface area contributed by atoms with Gasteiger partial charge in [0.15, 0.2) is 0 Å². The first kappa shape index (κ1) is 24.5. The van der Waals surface area contributed by atoms with Gasteiger partial charge in [-0.3, -0.25) is 9.67 Å². The number of pyridine rings is 1. The summed E-state index contributed by atoms with van der Waals surface area (Å²) < 4.78 is 13.3. The van der Waals surface area contributed by atoms with Crippen LogP contribution in [0, 0.1) is 6.92 Å². The second-order valence-electron chi connectivity index (χ2n) is 9.71. The molecule has 2 aromatic heterocycles. The van der Waals surface area contributed by atoms with Gasteiger partial charge in [-0.15, -0.1) is 0 Å². The quantitative estimate of drug-likeness (QED) is 0.607. The van der Waals surface area contributed by atoms with E-state index in [1.54, 1.807) is 15.9 Å². The van der Waals surface area contributed by atoms with Gasteiger partial charge >= 0.3 is 6.09 Å². The van der Waals surface area contributed by atoms with Crippen LogP contribution in [0.15, 0.2) is 12.4 Å². The number of aromatic nitrogens is 4. The first-order valence-electron chi connectivity index (χ1n) is 11.0. The Labute approximate surface area is 195 Å². The predicted octanol–water partition coefficient (Wildman–Crippen LogP) is 4.74. The van der Waals surface area contributed by atoms with Crippen molar-refractivity contribution in [2.24, 2.45) is 7.05 Å². The van der Waals surface area contributed by atoms with Crippen molar-refractivity contribution in [2.45, 2.75) is 78.1 Å². The van der Waals surface area contributed by atoms with E-state index in [1.165, 1.54) is 0 Å². The number of ether oxygens (including phenoxy) is 2. The first-order chi connectivity index (χ1) is 14.9. The number of rotatable bonds is 1. The van der Waals surface area contributed by atoms with E-state index < -0.39 is 5.60 Å². The number of aryl methyl sites for hydroxylation is 2. The monoisotopic (exact) mass is 463 g/mol. The second-order valence-corrected chi connectivity index (χ2v) is 10.1. The van der Waals surface area contributed by atoms with Crippen LogP contribution in [0.5, 0.6) is 0 Å². The highest BCUT2D eigenvalue weighted by Gasteiger charge is 2.45. The molecule has 4 heterocycles. The summed E-state index contributed by atoms with van der Waals surface area (Å²) in [6, 6.07) is 1.95. The van der Waals surface area contributed by atoms with Crippen LogP contribution in [-0.4, -0.2) is 49.4 Å². The van der Waals surface area contributed by atoms with Crippen LogP contribution in [0.25, 0.3) is 0 Å². The van der Waals surface area contributed by atoms with Crippen molar-refractivity contribution >= 4 is 17.7 Å². The molecule has 32 heavy (non-hydrogen) atoms. The molecular weight excluding hydrogens is 430 g/mol. The highest BCUT2D eigenvalue weighted by Crippen LogP contribution is 2.44. The van der Waals surface area contributed by atoms with Gasteiger partial charge in [-0.25, -0.2) is 9.78 Å². The molecule has 0 saturated carbocycles. The van der Waals surface area contributed by atoms with Crippen LogP contribution < -0.4 is 0 Å². The van der Waals surface area contributed by atoms with Gasteiger partial charge in [0.2, 0.25) is 0 Å². The average Bonchev–Trinajstić information content (AvgIpc) is 3.27. The van der Waals surface area contributed by atoms with Crippen LogP contribution in [0.3, 0.4) is 0 Å². The summed E-state index contributed by atoms with van der Waals surface area (Å²) in [6.07, 6.45) is 2.78. The highest BCUT2D eigenvalue weighted by atomic mass is 35.5. The molecule has 1 fully saturated rings. The maximum absolute atomic E-state index is 12.2. The zero-order valence-electron chi connectivity index (χ0n) is 20.1. The number of amides is 1. The number of fused-ring (bicyclic) bond motifs is 2. The lowest BCUT2D eigenvalue weighted by Gasteiger charge is -2.39. The highest BCUT2D eigenvalue weighted by molar-refractivity contribution is 6.31. The third-order valence-electron chi connectivity index (χ3n) is 5.65. The van der Waals surface area contributed by atoms with E-state index in [4.69, 9.17) is 21.1 Å². The molecule has 0 aromatic carbocycles. The molecule has 1 spiro atoms. The van der Waals surface area contributed by atoms with E-state index in [-0.39, 0.29) is 11.7 Å². The van der Waals surface area contributed by atoms with E-state index in [2.05, 4.69) is 28.9 Å². The Balaban J connectivity index is 0.000000269. The molecule has 0 bridgehead atoms. The Bertz CT molecular complexity index is 959. The fourth-order valence-corrected chi connectivity index (χ4v) is 4.17. The minimum Gasteiger partial charge on any atom is -0.444 e. The lowest BCUT2D eigenvalue weighted by molar-refractivity contribution is -0.0817. The lowest BCUT2D eigenvalue weighted by atomic mass is 9.87. The van der Waals surface area contributed by atoms with Gasteiger partial charge < -0.3 is 14.4 Å². The molecule has 2 aliphatic rings. The molecule has 2 aromatic rings. The van der Waals surface area contributed by atoms with E-state index in [1.807, 2.05) is 40.8 Å². The maximum Gasteiger partial charge on any atom is 0.410 e. The van der Waals surface area contributed by atoms with E-state index in [9.17, 15) is 4.79 Å². The van der Waals surface area contributed by atoms with Gasteiger partial charge in [0.05, 0.1) is 23.0 Å². The van der Waals surface area contributed by atoms with Gasteiger partial charge in [0, 0.05) is 31.6 Å². The molecule has 0 radical (unpaired) electrons. The second kappa shape index (κ2) is 9.35. The Kier molecular flexibility index (Phi) is 7.15. The topological polar surface area (TPSA) is 82.4 Å². The smallest absolute Gasteiger partial charge is 0.410 e. The Morgan fingerprint density at radius 2 is 1.94 bits per heavy atom. The number of carbonyl (C=O) groups excluding carboxylic acids is 1. The standard InChI is InChI=1S/C17H23ClN2O3.C6H11N3/c1-11-13(18)9-12-10-22-17(14(12)19-11)5-7-20(8-6-17)15(21)23-16(2,3)4;1-5(2)6-7-4-8-9(6)3/h9H,5-8,10H2,1-4H3;4-5H,1-3H3. The van der Waals surface area contributed by atoms with E-state index in [0.29, 0.717) is 30.6 Å². The van der Waals surface area contributed by atoms with Gasteiger partial charge in [-0.05, 0) is 46.6 Å². The third kappa shape index (κ3) is 5.41. The summed E-state index contributed by atoms with van der Waals surface area (Å²) in [7, 11) is 1.91. The predicted molar refractivity (Wildman–Crippen MR) is 123 cm³/mol. The molecule has 0 unspecified atom stereocenters. The Morgan fingerprint density at radius 3 is 2.44 bits per heavy atom. The fourth-order valence-electron chi connectivity index (χ4n) is 3.99. The molecular formula is C23H34ClN5O3. The molecule has 176 valence electrons. The van der Waals surface area contributed by atoms with Crippen LogP contribution >= 0.6 is 11.6 Å². The number of nitrogens with zero attached hydrogens (tertiary/aromatic N) is 5. The van der Waals surface area contributed by atoms with Crippen molar-refractivity contribution in [3.63, 3.8) is 0 Å². The number of hydrogen-bond donors (Lipinski definition) is 0. The Hall–Kier alpha value is -2.19. The summed E-state index contributed by atoms with van der Waals surface area (Å²) in [5, 5.41) is 4.62. The normalized spacial score (nSPS) is 17.2. The van der Waals surface area contributed by atoms with Crippen LogP contribution in [0.2, 0.25) is 5.02 Å². The van der Waals surface area contributed by atoms with E-state index >= 15 is 0 Å². The summed E-state index contributed by atoms with van der Waals surface area (Å²) in [5.41, 5.74) is 2.01. The molecule has 8 nitrogen and oxygen atoms in total. The fraction of sp³-hybridized carbons (Fsp3) is 0.652. The van der Waals surface area contributed by atoms with Crippen LogP contribution in [0.4, 0.5) is 4.79 Å². The minimum absolute atomic E-state index is 0.259. The maximum atomic E-state index is 12.2. The van der Waals surface area contributed by atoms with Crippen molar-refractivity contribution in [3.05, 3.63) is 40.2 Å².